The summed E-state index contributed by atoms with van der Waals surface area (Å²) in [6.07, 6.45) is 11.5. The molecule has 0 saturated carbocycles. The molecule has 178 valence electrons. The predicted octanol–water partition coefficient (Wildman–Crippen LogP) is 3.15. The molecule has 11 heteroatoms. The van der Waals surface area contributed by atoms with Crippen molar-refractivity contribution < 1.29 is 19.0 Å². The molecule has 0 spiro atoms. The minimum absolute atomic E-state index is 0.0708. The number of imidazole rings is 2. The molecule has 36 heavy (non-hydrogen) atoms. The third-order valence-electron chi connectivity index (χ3n) is 5.66. The van der Waals surface area contributed by atoms with Crippen LogP contribution in [0, 0.1) is 20.2 Å². The predicted molar refractivity (Wildman–Crippen MR) is 128 cm³/mol. The third-order valence-corrected chi connectivity index (χ3v) is 5.66. The number of nitrogens with zero attached hydrogens (tertiary/aromatic N) is 7. The van der Waals surface area contributed by atoms with Crippen molar-refractivity contribution in [1.82, 2.24) is 14.1 Å². The molecule has 0 saturated heterocycles. The lowest BCUT2D eigenvalue weighted by atomic mass is 10.2. The summed E-state index contributed by atoms with van der Waals surface area (Å²) in [6.45, 7) is 1.15. The third kappa shape index (κ3) is 4.99. The molecule has 5 rings (SSSR count). The Labute approximate surface area is 205 Å². The molecule has 0 aliphatic carbocycles. The molecule has 2 aromatic carbocycles. The fourth-order valence-corrected chi connectivity index (χ4v) is 3.81. The van der Waals surface area contributed by atoms with Crippen molar-refractivity contribution >= 4 is 11.4 Å². The van der Waals surface area contributed by atoms with E-state index in [-0.39, 0.29) is 11.4 Å². The molecule has 0 fully saturated rings. The van der Waals surface area contributed by atoms with Crippen molar-refractivity contribution in [3.05, 3.63) is 136 Å². The van der Waals surface area contributed by atoms with E-state index in [0.29, 0.717) is 13.1 Å². The van der Waals surface area contributed by atoms with Gasteiger partial charge in [0, 0.05) is 36.4 Å². The van der Waals surface area contributed by atoms with Gasteiger partial charge in [-0.15, -0.1) is 0 Å². The molecular weight excluding hydrogens is 462 g/mol. The van der Waals surface area contributed by atoms with Crippen LogP contribution in [0.2, 0.25) is 0 Å². The molecule has 5 aromatic rings. The summed E-state index contributed by atoms with van der Waals surface area (Å²) in [7, 11) is 0. The van der Waals surface area contributed by atoms with E-state index in [1.165, 1.54) is 24.3 Å². The second-order valence-electron chi connectivity index (χ2n) is 8.19. The second-order valence-corrected chi connectivity index (χ2v) is 8.19. The Kier molecular flexibility index (Phi) is 6.02. The standard InChI is InChI=1S/C25H21N7O4/c33-31(34)22-8-4-20(5-9-22)16-27-12-14-29(18-27)24-2-1-3-25(26-24)30-15-13-28(19-30)17-21-6-10-23(11-7-21)32(35)36/h1-15,18-19H,16-17H2/q+2. The molecule has 3 aromatic heterocycles. The average Bonchev–Trinajstić information content (AvgIpc) is 3.55. The highest BCUT2D eigenvalue weighted by molar-refractivity contribution is 5.34. The number of nitro benzene ring substituents is 2. The van der Waals surface area contributed by atoms with E-state index in [1.54, 1.807) is 24.3 Å². The molecule has 0 aliphatic heterocycles. The van der Waals surface area contributed by atoms with E-state index < -0.39 is 9.85 Å². The van der Waals surface area contributed by atoms with Crippen LogP contribution in [0.1, 0.15) is 11.1 Å². The zero-order valence-corrected chi connectivity index (χ0v) is 19.0. The Hall–Kier alpha value is -5.19. The van der Waals surface area contributed by atoms with Crippen LogP contribution in [0.5, 0.6) is 0 Å². The SMILES string of the molecule is O=[N+]([O-])c1ccc(C[n+]2ccn(-c3cccc(-n4cc[n+](Cc5ccc([N+](=O)[O-])cc5)c4)n3)c2)cc1. The van der Waals surface area contributed by atoms with Crippen molar-refractivity contribution in [2.24, 2.45) is 0 Å². The Balaban J connectivity index is 1.29. The molecule has 0 bridgehead atoms. The minimum atomic E-state index is -0.409. The number of nitro groups is 2. The van der Waals surface area contributed by atoms with Gasteiger partial charge < -0.3 is 0 Å². The number of non-ortho nitro benzene ring substituents is 2. The molecule has 3 heterocycles. The van der Waals surface area contributed by atoms with E-state index >= 15 is 0 Å². The lowest BCUT2D eigenvalue weighted by molar-refractivity contribution is -0.687. The van der Waals surface area contributed by atoms with Gasteiger partial charge in [0.05, 0.1) is 9.85 Å². The highest BCUT2D eigenvalue weighted by atomic mass is 16.6. The average molecular weight is 483 g/mol. The van der Waals surface area contributed by atoms with Crippen LogP contribution in [0.25, 0.3) is 11.6 Å². The van der Waals surface area contributed by atoms with Crippen molar-refractivity contribution in [1.29, 1.82) is 0 Å². The smallest absolute Gasteiger partial charge is 0.258 e. The summed E-state index contributed by atoms with van der Waals surface area (Å²) < 4.78 is 7.76. The summed E-state index contributed by atoms with van der Waals surface area (Å²) in [5, 5.41) is 21.7. The first-order valence-corrected chi connectivity index (χ1v) is 11.0. The van der Waals surface area contributed by atoms with E-state index in [0.717, 1.165) is 22.8 Å². The van der Waals surface area contributed by atoms with Crippen molar-refractivity contribution in [3.63, 3.8) is 0 Å². The summed E-state index contributed by atoms with van der Waals surface area (Å²) in [5.41, 5.74) is 2.05. The van der Waals surface area contributed by atoms with E-state index in [1.807, 2.05) is 73.9 Å². The molecular formula is C25H21N7O4+2. The van der Waals surface area contributed by atoms with Gasteiger partial charge in [0.25, 0.3) is 24.0 Å². The normalized spacial score (nSPS) is 10.9. The molecule has 0 unspecified atom stereocenters. The molecule has 0 amide bonds. The maximum absolute atomic E-state index is 10.8. The first-order valence-electron chi connectivity index (χ1n) is 11.0. The van der Waals surface area contributed by atoms with Gasteiger partial charge in [-0.1, -0.05) is 6.07 Å². The van der Waals surface area contributed by atoms with Gasteiger partial charge in [-0.05, 0) is 35.4 Å². The molecule has 0 aliphatic rings. The highest BCUT2D eigenvalue weighted by Gasteiger charge is 2.14. The Morgan fingerprint density at radius 3 is 1.47 bits per heavy atom. The van der Waals surface area contributed by atoms with Gasteiger partial charge in [0.2, 0.25) is 11.6 Å². The maximum Gasteiger partial charge on any atom is 0.269 e. The van der Waals surface area contributed by atoms with Crippen LogP contribution >= 0.6 is 0 Å². The fraction of sp³-hybridized carbons (Fsp3) is 0.0800. The molecule has 0 atom stereocenters. The topological polar surface area (TPSA) is 117 Å². The summed E-state index contributed by atoms with van der Waals surface area (Å²) in [6, 6.07) is 18.8. The maximum atomic E-state index is 10.8. The Bertz CT molecular complexity index is 1430. The summed E-state index contributed by atoms with van der Waals surface area (Å²) in [4.78, 5) is 25.6. The number of pyridine rings is 1. The van der Waals surface area contributed by atoms with Crippen molar-refractivity contribution in [3.8, 4) is 11.6 Å². The molecule has 11 nitrogen and oxygen atoms in total. The van der Waals surface area contributed by atoms with Gasteiger partial charge in [-0.3, -0.25) is 20.2 Å². The van der Waals surface area contributed by atoms with Crippen LogP contribution in [0.4, 0.5) is 11.4 Å². The summed E-state index contributed by atoms with van der Waals surface area (Å²) in [5.74, 6) is 1.48. The van der Waals surface area contributed by atoms with Crippen molar-refractivity contribution in [2.45, 2.75) is 13.1 Å². The number of hydrogen-bond donors (Lipinski definition) is 0. The zero-order valence-electron chi connectivity index (χ0n) is 19.0. The number of aromatic nitrogens is 5. The van der Waals surface area contributed by atoms with Crippen LogP contribution in [0.3, 0.4) is 0 Å². The lowest BCUT2D eigenvalue weighted by Crippen LogP contribution is -2.31. The van der Waals surface area contributed by atoms with Crippen LogP contribution < -0.4 is 9.13 Å². The van der Waals surface area contributed by atoms with Gasteiger partial charge in [0.15, 0.2) is 0 Å². The molecule has 0 radical (unpaired) electrons. The highest BCUT2D eigenvalue weighted by Crippen LogP contribution is 2.13. The number of benzene rings is 2. The summed E-state index contributed by atoms with van der Waals surface area (Å²) >= 11 is 0. The van der Waals surface area contributed by atoms with Crippen LogP contribution in [0.15, 0.2) is 104 Å². The minimum Gasteiger partial charge on any atom is -0.258 e. The van der Waals surface area contributed by atoms with Gasteiger partial charge in [-0.25, -0.2) is 9.13 Å². The van der Waals surface area contributed by atoms with Crippen LogP contribution in [-0.2, 0) is 13.1 Å². The fourth-order valence-electron chi connectivity index (χ4n) is 3.81. The van der Waals surface area contributed by atoms with Crippen LogP contribution in [-0.4, -0.2) is 24.0 Å². The van der Waals surface area contributed by atoms with Crippen molar-refractivity contribution in [2.75, 3.05) is 0 Å². The largest absolute Gasteiger partial charge is 0.269 e. The van der Waals surface area contributed by atoms with E-state index in [4.69, 9.17) is 4.98 Å². The lowest BCUT2D eigenvalue weighted by Gasteiger charge is -1.99. The van der Waals surface area contributed by atoms with Gasteiger partial charge in [-0.2, -0.15) is 14.1 Å². The second kappa shape index (κ2) is 9.58. The first-order chi connectivity index (χ1) is 17.4. The number of hydrogen-bond acceptors (Lipinski definition) is 5. The Morgan fingerprint density at radius 1 is 0.667 bits per heavy atom. The Morgan fingerprint density at radius 2 is 1.08 bits per heavy atom. The quantitative estimate of drug-likeness (QED) is 0.191. The van der Waals surface area contributed by atoms with E-state index in [9.17, 15) is 20.2 Å². The van der Waals surface area contributed by atoms with E-state index in [2.05, 4.69) is 0 Å². The zero-order chi connectivity index (χ0) is 25.1. The molecule has 0 N–H and O–H groups in total. The van der Waals surface area contributed by atoms with Gasteiger partial charge >= 0.3 is 0 Å². The monoisotopic (exact) mass is 483 g/mol. The van der Waals surface area contributed by atoms with Gasteiger partial charge in [0.1, 0.15) is 37.9 Å². The number of rotatable bonds is 8. The first kappa shape index (κ1) is 22.6.